The molecule has 15 heavy (non-hydrogen) atoms. The van der Waals surface area contributed by atoms with E-state index in [0.717, 1.165) is 18.7 Å². The van der Waals surface area contributed by atoms with E-state index in [4.69, 9.17) is 0 Å². The van der Waals surface area contributed by atoms with Crippen LogP contribution in [0.5, 0.6) is 0 Å². The highest BCUT2D eigenvalue weighted by molar-refractivity contribution is 5.36. The van der Waals surface area contributed by atoms with Crippen LogP contribution in [-0.4, -0.2) is 11.0 Å². The molecular formula is C11H16F2N2. The van der Waals surface area contributed by atoms with Crippen molar-refractivity contribution in [2.24, 2.45) is 5.92 Å². The van der Waals surface area contributed by atoms with Crippen molar-refractivity contribution in [3.63, 3.8) is 0 Å². The van der Waals surface area contributed by atoms with Gasteiger partial charge in [-0.1, -0.05) is 13.8 Å². The molecule has 0 bridgehead atoms. The van der Waals surface area contributed by atoms with Crippen molar-refractivity contribution in [3.05, 3.63) is 23.9 Å². The SMILES string of the molecule is CC(C)CC(C)Nc1ncc(F)cc1F. The first-order valence-corrected chi connectivity index (χ1v) is 5.06. The second-order valence-electron chi connectivity index (χ2n) is 4.16. The molecule has 0 aromatic carbocycles. The third kappa shape index (κ3) is 3.81. The molecule has 0 aliphatic rings. The van der Waals surface area contributed by atoms with Crippen LogP contribution in [0.4, 0.5) is 14.6 Å². The Kier molecular flexibility index (Phi) is 4.00. The van der Waals surface area contributed by atoms with Crippen molar-refractivity contribution in [1.82, 2.24) is 4.98 Å². The average Bonchev–Trinajstić information content (AvgIpc) is 2.08. The molecule has 0 aliphatic heterocycles. The van der Waals surface area contributed by atoms with Crippen molar-refractivity contribution < 1.29 is 8.78 Å². The number of nitrogens with zero attached hydrogens (tertiary/aromatic N) is 1. The molecule has 1 aromatic rings. The Balaban J connectivity index is 2.64. The predicted octanol–water partition coefficient (Wildman–Crippen LogP) is 3.21. The van der Waals surface area contributed by atoms with Crippen LogP contribution in [0.25, 0.3) is 0 Å². The first-order valence-electron chi connectivity index (χ1n) is 5.06. The van der Waals surface area contributed by atoms with Gasteiger partial charge < -0.3 is 5.32 Å². The number of rotatable bonds is 4. The standard InChI is InChI=1S/C11H16F2N2/c1-7(2)4-8(3)15-11-10(13)5-9(12)6-14-11/h5-8H,4H2,1-3H3,(H,14,15). The van der Waals surface area contributed by atoms with Gasteiger partial charge in [-0.05, 0) is 19.3 Å². The van der Waals surface area contributed by atoms with Crippen molar-refractivity contribution in [2.75, 3.05) is 5.32 Å². The maximum Gasteiger partial charge on any atom is 0.168 e. The first kappa shape index (κ1) is 11.9. The number of pyridine rings is 1. The van der Waals surface area contributed by atoms with Crippen molar-refractivity contribution in [2.45, 2.75) is 33.2 Å². The monoisotopic (exact) mass is 214 g/mol. The lowest BCUT2D eigenvalue weighted by Crippen LogP contribution is -2.19. The van der Waals surface area contributed by atoms with Gasteiger partial charge in [0.15, 0.2) is 11.6 Å². The summed E-state index contributed by atoms with van der Waals surface area (Å²) in [5.41, 5.74) is 0. The minimum Gasteiger partial charge on any atom is -0.365 e. The zero-order valence-electron chi connectivity index (χ0n) is 9.22. The van der Waals surface area contributed by atoms with Crippen molar-refractivity contribution in [3.8, 4) is 0 Å². The average molecular weight is 214 g/mol. The third-order valence-corrected chi connectivity index (χ3v) is 2.02. The Morgan fingerprint density at radius 3 is 2.53 bits per heavy atom. The quantitative estimate of drug-likeness (QED) is 0.832. The van der Waals surface area contributed by atoms with Gasteiger partial charge >= 0.3 is 0 Å². The molecule has 1 aromatic heterocycles. The summed E-state index contributed by atoms with van der Waals surface area (Å²) in [7, 11) is 0. The molecule has 1 rings (SSSR count). The molecule has 0 saturated heterocycles. The van der Waals surface area contributed by atoms with Gasteiger partial charge in [0.25, 0.3) is 0 Å². The number of anilines is 1. The zero-order valence-corrected chi connectivity index (χ0v) is 9.22. The second-order valence-corrected chi connectivity index (χ2v) is 4.16. The number of halogens is 2. The molecule has 0 amide bonds. The summed E-state index contributed by atoms with van der Waals surface area (Å²) in [4.78, 5) is 3.66. The minimum absolute atomic E-state index is 0.115. The second kappa shape index (κ2) is 5.05. The van der Waals surface area contributed by atoms with Gasteiger partial charge in [-0.2, -0.15) is 0 Å². The lowest BCUT2D eigenvalue weighted by atomic mass is 10.1. The van der Waals surface area contributed by atoms with E-state index in [1.807, 2.05) is 6.92 Å². The van der Waals surface area contributed by atoms with E-state index in [1.54, 1.807) is 0 Å². The van der Waals surface area contributed by atoms with E-state index >= 15 is 0 Å². The van der Waals surface area contributed by atoms with Crippen LogP contribution in [0, 0.1) is 17.6 Å². The molecule has 0 radical (unpaired) electrons. The zero-order chi connectivity index (χ0) is 11.4. The first-order chi connectivity index (χ1) is 6.99. The molecular weight excluding hydrogens is 198 g/mol. The summed E-state index contributed by atoms with van der Waals surface area (Å²) in [5, 5.41) is 2.92. The Morgan fingerprint density at radius 2 is 2.00 bits per heavy atom. The fraction of sp³-hybridized carbons (Fsp3) is 0.545. The van der Waals surface area contributed by atoms with Gasteiger partial charge in [0.2, 0.25) is 0 Å². The predicted molar refractivity (Wildman–Crippen MR) is 56.7 cm³/mol. The van der Waals surface area contributed by atoms with Gasteiger partial charge in [0, 0.05) is 12.1 Å². The number of aromatic nitrogens is 1. The van der Waals surface area contributed by atoms with E-state index in [-0.39, 0.29) is 11.9 Å². The Bertz CT molecular complexity index is 326. The molecule has 1 heterocycles. The van der Waals surface area contributed by atoms with Gasteiger partial charge in [-0.3, -0.25) is 0 Å². The normalized spacial score (nSPS) is 12.9. The highest BCUT2D eigenvalue weighted by Crippen LogP contribution is 2.14. The maximum atomic E-state index is 13.2. The Hall–Kier alpha value is -1.19. The van der Waals surface area contributed by atoms with Crippen LogP contribution in [0.1, 0.15) is 27.2 Å². The van der Waals surface area contributed by atoms with Gasteiger partial charge in [0.1, 0.15) is 5.82 Å². The molecule has 2 nitrogen and oxygen atoms in total. The maximum absolute atomic E-state index is 13.2. The molecule has 4 heteroatoms. The van der Waals surface area contributed by atoms with Gasteiger partial charge in [-0.15, -0.1) is 0 Å². The molecule has 1 N–H and O–H groups in total. The van der Waals surface area contributed by atoms with E-state index in [2.05, 4.69) is 24.1 Å². The fourth-order valence-electron chi connectivity index (χ4n) is 1.52. The van der Waals surface area contributed by atoms with Crippen LogP contribution in [0.15, 0.2) is 12.3 Å². The highest BCUT2D eigenvalue weighted by Gasteiger charge is 2.09. The molecule has 0 saturated carbocycles. The summed E-state index contributed by atoms with van der Waals surface area (Å²) in [6, 6.07) is 0.953. The van der Waals surface area contributed by atoms with Crippen LogP contribution in [-0.2, 0) is 0 Å². The Labute approximate surface area is 88.7 Å². The van der Waals surface area contributed by atoms with E-state index in [9.17, 15) is 8.78 Å². The summed E-state index contributed by atoms with van der Waals surface area (Å²) in [6.45, 7) is 6.13. The molecule has 0 fully saturated rings. The number of hydrogen-bond acceptors (Lipinski definition) is 2. The molecule has 0 aliphatic carbocycles. The highest BCUT2D eigenvalue weighted by atomic mass is 19.1. The molecule has 84 valence electrons. The van der Waals surface area contributed by atoms with Crippen LogP contribution >= 0.6 is 0 Å². The van der Waals surface area contributed by atoms with Crippen LogP contribution in [0.2, 0.25) is 0 Å². The Morgan fingerprint density at radius 1 is 1.33 bits per heavy atom. The van der Waals surface area contributed by atoms with Crippen LogP contribution < -0.4 is 5.32 Å². The minimum atomic E-state index is -0.658. The summed E-state index contributed by atoms with van der Waals surface area (Å²) in [5.74, 6) is -0.666. The molecule has 0 spiro atoms. The summed E-state index contributed by atoms with van der Waals surface area (Å²) < 4.78 is 25.7. The molecule has 1 unspecified atom stereocenters. The van der Waals surface area contributed by atoms with Gasteiger partial charge in [-0.25, -0.2) is 13.8 Å². The number of nitrogens with one attached hydrogen (secondary N) is 1. The van der Waals surface area contributed by atoms with E-state index < -0.39 is 11.6 Å². The topological polar surface area (TPSA) is 24.9 Å². The summed E-state index contributed by atoms with van der Waals surface area (Å²) >= 11 is 0. The van der Waals surface area contributed by atoms with Crippen molar-refractivity contribution in [1.29, 1.82) is 0 Å². The van der Waals surface area contributed by atoms with Gasteiger partial charge in [0.05, 0.1) is 6.20 Å². The lowest BCUT2D eigenvalue weighted by molar-refractivity contribution is 0.530. The number of hydrogen-bond donors (Lipinski definition) is 1. The van der Waals surface area contributed by atoms with Crippen molar-refractivity contribution >= 4 is 5.82 Å². The van der Waals surface area contributed by atoms with E-state index in [0.29, 0.717) is 5.92 Å². The summed E-state index contributed by atoms with van der Waals surface area (Å²) in [6.07, 6.45) is 1.92. The largest absolute Gasteiger partial charge is 0.365 e. The van der Waals surface area contributed by atoms with E-state index in [1.165, 1.54) is 0 Å². The smallest absolute Gasteiger partial charge is 0.168 e. The lowest BCUT2D eigenvalue weighted by Gasteiger charge is -2.16. The fourth-order valence-corrected chi connectivity index (χ4v) is 1.52. The van der Waals surface area contributed by atoms with Crippen LogP contribution in [0.3, 0.4) is 0 Å². The third-order valence-electron chi connectivity index (χ3n) is 2.02. The molecule has 1 atom stereocenters.